The Balaban J connectivity index is 1.27. The maximum atomic E-state index is 9.69. The molecular weight excluding hydrogens is 745 g/mol. The first-order valence-electron chi connectivity index (χ1n) is 22.7. The molecule has 6 aromatic carbocycles. The lowest BCUT2D eigenvalue weighted by Crippen LogP contribution is -2.11. The van der Waals surface area contributed by atoms with E-state index in [1.807, 2.05) is 52.0 Å². The topological polar surface area (TPSA) is 56.7 Å². The van der Waals surface area contributed by atoms with Crippen molar-refractivity contribution in [3.05, 3.63) is 156 Å². The summed E-state index contributed by atoms with van der Waals surface area (Å²) in [6.45, 7) is 20.9. The minimum atomic E-state index is -1.04. The molecule has 0 saturated heterocycles. The Bertz CT molecular complexity index is 3100. The number of fused-ring (bicyclic) bond motifs is 4. The van der Waals surface area contributed by atoms with Crippen LogP contribution < -0.4 is 0 Å². The van der Waals surface area contributed by atoms with Gasteiger partial charge in [-0.25, -0.2) is 15.0 Å². The van der Waals surface area contributed by atoms with E-state index >= 15 is 0 Å². The number of para-hydroxylation sites is 3. The van der Waals surface area contributed by atoms with Crippen LogP contribution in [0.4, 0.5) is 0 Å². The molecule has 3 aromatic heterocycles. The van der Waals surface area contributed by atoms with Gasteiger partial charge in [-0.05, 0) is 105 Å². The average Bonchev–Trinajstić information content (AvgIpc) is 3.83. The van der Waals surface area contributed by atoms with E-state index in [0.29, 0.717) is 5.82 Å². The maximum Gasteiger partial charge on any atom is 0.149 e. The van der Waals surface area contributed by atoms with Gasteiger partial charge in [0.25, 0.3) is 0 Å². The van der Waals surface area contributed by atoms with Gasteiger partial charge in [-0.2, -0.15) is 0 Å². The molecule has 0 aliphatic heterocycles. The second-order valence-electron chi connectivity index (χ2n) is 17.8. The Labute approximate surface area is 363 Å². The van der Waals surface area contributed by atoms with Crippen LogP contribution in [0.2, 0.25) is 0 Å². The van der Waals surface area contributed by atoms with E-state index in [1.54, 1.807) is 0 Å². The molecule has 5 nitrogen and oxygen atoms in total. The molecule has 0 radical (unpaired) electrons. The summed E-state index contributed by atoms with van der Waals surface area (Å²) in [6.07, 6.45) is 0. The van der Waals surface area contributed by atoms with Crippen molar-refractivity contribution in [2.75, 3.05) is 0 Å². The summed E-state index contributed by atoms with van der Waals surface area (Å²) < 4.78 is 28.6. The molecule has 0 unspecified atom stereocenters. The number of rotatable bonds is 10. The minimum Gasteiger partial charge on any atom is -0.455 e. The summed E-state index contributed by atoms with van der Waals surface area (Å²) in [6, 6.07) is 44.2. The van der Waals surface area contributed by atoms with Gasteiger partial charge in [0.2, 0.25) is 0 Å². The van der Waals surface area contributed by atoms with Gasteiger partial charge in [0, 0.05) is 25.0 Å². The summed E-state index contributed by atoms with van der Waals surface area (Å²) in [7, 11) is 0. The van der Waals surface area contributed by atoms with E-state index in [9.17, 15) is 2.74 Å². The standard InChI is InChI=1S/C56H56N4O/c1-32(2)45-29-41(39-25-23-38(24-26-39)37-17-12-11-13-18-37)30-46(33(3)4)53(45)60-48-22-15-14-21-47(48)57-56(60)44-20-16-19-43-42-28-27-40(31-49(42)61-54(43)44)50-51(34(5)6)58-55(36(9)10)59-52(50)35(7)8/h11-36H,1-10H3/i32D,33D. The molecule has 9 aromatic rings. The average molecular weight is 803 g/mol. The molecule has 9 rings (SSSR count). The fraction of sp³-hybridized carbons (Fsp3) is 0.268. The summed E-state index contributed by atoms with van der Waals surface area (Å²) >= 11 is 0. The predicted octanol–water partition coefficient (Wildman–Crippen LogP) is 16.0. The second-order valence-corrected chi connectivity index (χ2v) is 17.8. The third-order valence-corrected chi connectivity index (χ3v) is 11.9. The molecule has 0 N–H and O–H groups in total. The van der Waals surface area contributed by atoms with Gasteiger partial charge in [0.15, 0.2) is 0 Å². The summed E-state index contributed by atoms with van der Waals surface area (Å²) in [5, 5.41) is 2.00. The molecular formula is C56H56N4O. The van der Waals surface area contributed by atoms with E-state index in [2.05, 4.69) is 149 Å². The maximum absolute atomic E-state index is 9.69. The highest BCUT2D eigenvalue weighted by Crippen LogP contribution is 2.44. The van der Waals surface area contributed by atoms with Crippen molar-refractivity contribution in [2.24, 2.45) is 0 Å². The predicted molar refractivity (Wildman–Crippen MR) is 256 cm³/mol. The van der Waals surface area contributed by atoms with Crippen molar-refractivity contribution in [2.45, 2.75) is 98.8 Å². The van der Waals surface area contributed by atoms with Gasteiger partial charge in [-0.3, -0.25) is 4.57 Å². The van der Waals surface area contributed by atoms with Crippen LogP contribution in [0.5, 0.6) is 0 Å². The monoisotopic (exact) mass is 802 g/mol. The van der Waals surface area contributed by atoms with Gasteiger partial charge in [0.1, 0.15) is 22.8 Å². The van der Waals surface area contributed by atoms with Crippen LogP contribution in [-0.4, -0.2) is 19.5 Å². The quantitative estimate of drug-likeness (QED) is 0.138. The molecule has 0 aliphatic rings. The van der Waals surface area contributed by atoms with Crippen LogP contribution in [-0.2, 0) is 0 Å². The van der Waals surface area contributed by atoms with Crippen molar-refractivity contribution >= 4 is 33.0 Å². The Morgan fingerprint density at radius 2 is 1.08 bits per heavy atom. The lowest BCUT2D eigenvalue weighted by molar-refractivity contribution is 0.669. The first-order valence-corrected chi connectivity index (χ1v) is 21.7. The van der Waals surface area contributed by atoms with Crippen LogP contribution in [0, 0.1) is 0 Å². The molecule has 0 amide bonds. The van der Waals surface area contributed by atoms with Gasteiger partial charge in [-0.15, -0.1) is 0 Å². The number of imidazole rings is 1. The van der Waals surface area contributed by atoms with Crippen LogP contribution >= 0.6 is 0 Å². The van der Waals surface area contributed by atoms with E-state index in [-0.39, 0.29) is 17.8 Å². The number of nitrogens with zero attached hydrogens (tertiary/aromatic N) is 4. The van der Waals surface area contributed by atoms with E-state index in [4.69, 9.17) is 19.4 Å². The molecule has 0 bridgehead atoms. The fourth-order valence-corrected chi connectivity index (χ4v) is 8.76. The molecule has 0 saturated carbocycles. The fourth-order valence-electron chi connectivity index (χ4n) is 8.76. The summed E-state index contributed by atoms with van der Waals surface area (Å²) in [5.74, 6) is 0.117. The van der Waals surface area contributed by atoms with E-state index < -0.39 is 11.8 Å². The highest BCUT2D eigenvalue weighted by atomic mass is 16.3. The zero-order valence-corrected chi connectivity index (χ0v) is 37.1. The van der Waals surface area contributed by atoms with Crippen molar-refractivity contribution in [3.63, 3.8) is 0 Å². The second kappa shape index (κ2) is 15.9. The normalized spacial score (nSPS) is 13.0. The Hall–Kier alpha value is -6.33. The lowest BCUT2D eigenvalue weighted by atomic mass is 9.87. The number of furan rings is 1. The van der Waals surface area contributed by atoms with Crippen molar-refractivity contribution in [1.82, 2.24) is 19.5 Å². The number of aromatic nitrogens is 4. The highest BCUT2D eigenvalue weighted by molar-refractivity contribution is 6.10. The van der Waals surface area contributed by atoms with Gasteiger partial charge < -0.3 is 4.42 Å². The lowest BCUT2D eigenvalue weighted by Gasteiger charge is -2.24. The third kappa shape index (κ3) is 7.14. The minimum absolute atomic E-state index is 0.204. The number of hydrogen-bond donors (Lipinski definition) is 0. The summed E-state index contributed by atoms with van der Waals surface area (Å²) in [5.41, 5.74) is 15.0. The Morgan fingerprint density at radius 3 is 1.69 bits per heavy atom. The van der Waals surface area contributed by atoms with Crippen LogP contribution in [0.15, 0.2) is 132 Å². The molecule has 0 spiro atoms. The molecule has 61 heavy (non-hydrogen) atoms. The molecule has 5 heteroatoms. The molecule has 0 atom stereocenters. The Morgan fingerprint density at radius 1 is 0.508 bits per heavy atom. The molecule has 0 aliphatic carbocycles. The van der Waals surface area contributed by atoms with Crippen LogP contribution in [0.3, 0.4) is 0 Å². The molecule has 3 heterocycles. The number of benzene rings is 6. The first kappa shape index (κ1) is 37.7. The van der Waals surface area contributed by atoms with Gasteiger partial charge in [0.05, 0.1) is 33.7 Å². The zero-order chi connectivity index (χ0) is 44.5. The first-order chi connectivity index (χ1) is 30.0. The number of hydrogen-bond acceptors (Lipinski definition) is 4. The van der Waals surface area contributed by atoms with Crippen molar-refractivity contribution < 1.29 is 7.16 Å². The molecule has 0 fully saturated rings. The van der Waals surface area contributed by atoms with Crippen LogP contribution in [0.1, 0.15) is 130 Å². The smallest absolute Gasteiger partial charge is 0.149 e. The summed E-state index contributed by atoms with van der Waals surface area (Å²) in [4.78, 5) is 15.6. The largest absolute Gasteiger partial charge is 0.455 e. The van der Waals surface area contributed by atoms with E-state index in [0.717, 1.165) is 106 Å². The van der Waals surface area contributed by atoms with Crippen molar-refractivity contribution in [3.8, 4) is 50.5 Å². The van der Waals surface area contributed by atoms with Gasteiger partial charge in [-0.1, -0.05) is 154 Å². The molecule has 306 valence electrons. The Kier molecular flexibility index (Phi) is 9.83. The highest BCUT2D eigenvalue weighted by Gasteiger charge is 2.27. The van der Waals surface area contributed by atoms with Crippen molar-refractivity contribution in [1.29, 1.82) is 0 Å². The third-order valence-electron chi connectivity index (χ3n) is 11.9. The van der Waals surface area contributed by atoms with E-state index in [1.165, 1.54) is 0 Å². The zero-order valence-electron chi connectivity index (χ0n) is 39.1. The van der Waals surface area contributed by atoms with Crippen LogP contribution in [0.25, 0.3) is 83.4 Å². The van der Waals surface area contributed by atoms with Gasteiger partial charge >= 0.3 is 0 Å². The SMILES string of the molecule is [2H]C(C)(C)c1cc(-c2ccc(-c3ccccc3)cc2)cc(C([2H])(C)C)c1-n1c(-c2cccc3c2oc2cc(-c4c(C(C)C)nc(C(C)C)nc4C(C)C)ccc23)nc2ccccc21.